The summed E-state index contributed by atoms with van der Waals surface area (Å²) < 4.78 is 39.7. The molecule has 1 N–H and O–H groups in total. The maximum Gasteiger partial charge on any atom is 0.264 e. The highest BCUT2D eigenvalue weighted by Crippen LogP contribution is 2.33. The van der Waals surface area contributed by atoms with Crippen LogP contribution in [0, 0.1) is 6.92 Å². The third kappa shape index (κ3) is 8.00. The summed E-state index contributed by atoms with van der Waals surface area (Å²) in [6.45, 7) is 8.71. The quantitative estimate of drug-likeness (QED) is 0.357. The van der Waals surface area contributed by atoms with E-state index in [0.717, 1.165) is 15.4 Å². The third-order valence-electron chi connectivity index (χ3n) is 6.42. The van der Waals surface area contributed by atoms with Crippen LogP contribution < -0.4 is 19.1 Å². The molecule has 0 aliphatic rings. The first-order chi connectivity index (χ1) is 19.3. The summed E-state index contributed by atoms with van der Waals surface area (Å²) in [6.07, 6.45) is 0. The van der Waals surface area contributed by atoms with E-state index in [4.69, 9.17) is 9.47 Å². The topological polar surface area (TPSA) is 105 Å². The fourth-order valence-corrected chi connectivity index (χ4v) is 5.60. The number of hydrogen-bond donors (Lipinski definition) is 1. The number of ether oxygens (including phenoxy) is 2. The minimum Gasteiger partial charge on any atom is -0.497 e. The molecular weight excluding hydrogens is 542 g/mol. The number of amides is 2. The van der Waals surface area contributed by atoms with Gasteiger partial charge >= 0.3 is 0 Å². The number of hydrogen-bond acceptors (Lipinski definition) is 6. The first-order valence-corrected chi connectivity index (χ1v) is 14.7. The predicted octanol–water partition coefficient (Wildman–Crippen LogP) is 4.54. The van der Waals surface area contributed by atoms with Gasteiger partial charge in [0.2, 0.25) is 11.8 Å². The van der Waals surface area contributed by atoms with Crippen molar-refractivity contribution in [1.29, 1.82) is 0 Å². The Kier molecular flexibility index (Phi) is 10.0. The van der Waals surface area contributed by atoms with Gasteiger partial charge in [-0.25, -0.2) is 8.42 Å². The van der Waals surface area contributed by atoms with Gasteiger partial charge in [0, 0.05) is 12.1 Å². The Hall–Kier alpha value is -4.05. The molecule has 0 fully saturated rings. The van der Waals surface area contributed by atoms with Crippen molar-refractivity contribution < 1.29 is 27.5 Å². The van der Waals surface area contributed by atoms with Crippen molar-refractivity contribution in [2.24, 2.45) is 0 Å². The maximum absolute atomic E-state index is 14.1. The molecule has 41 heavy (non-hydrogen) atoms. The average molecular weight is 582 g/mol. The van der Waals surface area contributed by atoms with Crippen LogP contribution >= 0.6 is 0 Å². The van der Waals surface area contributed by atoms with Crippen molar-refractivity contribution in [1.82, 2.24) is 10.2 Å². The second kappa shape index (κ2) is 13.1. The molecule has 9 nitrogen and oxygen atoms in total. The Labute approximate surface area is 243 Å². The Balaban J connectivity index is 2.07. The van der Waals surface area contributed by atoms with E-state index in [1.807, 2.05) is 52.0 Å². The summed E-state index contributed by atoms with van der Waals surface area (Å²) in [5.74, 6) is -0.127. The van der Waals surface area contributed by atoms with Crippen LogP contribution in [0.2, 0.25) is 0 Å². The molecule has 220 valence electrons. The number of sulfonamides is 1. The molecule has 0 aliphatic carbocycles. The molecule has 0 aromatic heterocycles. The molecular formula is C31H39N3O6S. The van der Waals surface area contributed by atoms with Gasteiger partial charge in [0.15, 0.2) is 0 Å². The predicted molar refractivity (Wildman–Crippen MR) is 160 cm³/mol. The van der Waals surface area contributed by atoms with Crippen LogP contribution in [-0.2, 0) is 26.2 Å². The molecule has 3 rings (SSSR count). The number of aryl methyl sites for hydroxylation is 1. The number of anilines is 1. The van der Waals surface area contributed by atoms with Gasteiger partial charge in [0.05, 0.1) is 24.8 Å². The molecule has 1 atom stereocenters. The molecule has 0 saturated heterocycles. The van der Waals surface area contributed by atoms with Crippen LogP contribution in [0.15, 0.2) is 77.7 Å². The minimum atomic E-state index is -4.24. The molecule has 10 heteroatoms. The van der Waals surface area contributed by atoms with E-state index in [-0.39, 0.29) is 28.8 Å². The zero-order valence-electron chi connectivity index (χ0n) is 24.7. The number of methoxy groups -OCH3 is 2. The van der Waals surface area contributed by atoms with Gasteiger partial charge in [0.25, 0.3) is 10.0 Å². The van der Waals surface area contributed by atoms with Crippen LogP contribution in [0.25, 0.3) is 0 Å². The lowest BCUT2D eigenvalue weighted by Crippen LogP contribution is -2.54. The van der Waals surface area contributed by atoms with Gasteiger partial charge in [-0.3, -0.25) is 13.9 Å². The first kappa shape index (κ1) is 31.5. The van der Waals surface area contributed by atoms with Gasteiger partial charge in [-0.15, -0.1) is 0 Å². The van der Waals surface area contributed by atoms with Crippen LogP contribution in [0.1, 0.15) is 38.8 Å². The Morgan fingerprint density at radius 3 is 2.07 bits per heavy atom. The van der Waals surface area contributed by atoms with Gasteiger partial charge < -0.3 is 19.7 Å². The van der Waals surface area contributed by atoms with Gasteiger partial charge in [-0.2, -0.15) is 0 Å². The van der Waals surface area contributed by atoms with E-state index in [2.05, 4.69) is 5.32 Å². The normalized spacial score (nSPS) is 12.3. The Morgan fingerprint density at radius 2 is 1.51 bits per heavy atom. The third-order valence-corrected chi connectivity index (χ3v) is 8.19. The average Bonchev–Trinajstić information content (AvgIpc) is 2.94. The van der Waals surface area contributed by atoms with E-state index in [0.29, 0.717) is 5.75 Å². The van der Waals surface area contributed by atoms with Gasteiger partial charge in [-0.1, -0.05) is 42.0 Å². The smallest absolute Gasteiger partial charge is 0.264 e. The van der Waals surface area contributed by atoms with Gasteiger partial charge in [-0.05, 0) is 76.6 Å². The van der Waals surface area contributed by atoms with Crippen molar-refractivity contribution in [3.63, 3.8) is 0 Å². The summed E-state index contributed by atoms with van der Waals surface area (Å²) in [7, 11) is -1.32. The highest BCUT2D eigenvalue weighted by molar-refractivity contribution is 7.92. The maximum atomic E-state index is 14.1. The zero-order valence-corrected chi connectivity index (χ0v) is 25.5. The standard InChI is InChI=1S/C31H39N3O6S/c1-22-12-14-24(15-13-22)20-33(23(2)30(36)32-31(3,4)5)29(35)21-34(27-10-8-9-11-28(27)40-7)41(37,38)26-18-16-25(39-6)17-19-26/h8-19,23H,20-21H2,1-7H3,(H,32,36). The number of nitrogens with one attached hydrogen (secondary N) is 1. The molecule has 2 amide bonds. The minimum absolute atomic E-state index is 0.0272. The van der Waals surface area contributed by atoms with Crippen molar-refractivity contribution in [3.8, 4) is 11.5 Å². The fraction of sp³-hybridized carbons (Fsp3) is 0.355. The van der Waals surface area contributed by atoms with Crippen molar-refractivity contribution in [2.45, 2.75) is 57.6 Å². The molecule has 3 aromatic rings. The van der Waals surface area contributed by atoms with Crippen molar-refractivity contribution in [3.05, 3.63) is 83.9 Å². The second-order valence-electron chi connectivity index (χ2n) is 10.8. The van der Waals surface area contributed by atoms with Gasteiger partial charge in [0.1, 0.15) is 24.1 Å². The van der Waals surface area contributed by atoms with Crippen molar-refractivity contribution >= 4 is 27.5 Å². The lowest BCUT2D eigenvalue weighted by atomic mass is 10.1. The zero-order chi connectivity index (χ0) is 30.4. The molecule has 1 unspecified atom stereocenters. The Morgan fingerprint density at radius 1 is 0.902 bits per heavy atom. The van der Waals surface area contributed by atoms with E-state index >= 15 is 0 Å². The summed E-state index contributed by atoms with van der Waals surface area (Å²) in [5.41, 5.74) is 1.53. The van der Waals surface area contributed by atoms with E-state index < -0.39 is 34.1 Å². The lowest BCUT2D eigenvalue weighted by molar-refractivity contribution is -0.140. The van der Waals surface area contributed by atoms with E-state index in [1.54, 1.807) is 31.2 Å². The van der Waals surface area contributed by atoms with E-state index in [1.165, 1.54) is 43.4 Å². The molecule has 0 aliphatic heterocycles. The number of rotatable bonds is 11. The SMILES string of the molecule is COc1ccc(S(=O)(=O)N(CC(=O)N(Cc2ccc(C)cc2)C(C)C(=O)NC(C)(C)C)c2ccccc2OC)cc1. The molecule has 3 aromatic carbocycles. The summed E-state index contributed by atoms with van der Waals surface area (Å²) in [6, 6.07) is 19.2. The highest BCUT2D eigenvalue weighted by Gasteiger charge is 2.34. The number of nitrogens with zero attached hydrogens (tertiary/aromatic N) is 2. The first-order valence-electron chi connectivity index (χ1n) is 13.2. The lowest BCUT2D eigenvalue weighted by Gasteiger charge is -2.33. The molecule has 0 bridgehead atoms. The second-order valence-corrected chi connectivity index (χ2v) is 12.6. The number of benzene rings is 3. The number of carbonyl (C=O) groups is 2. The number of carbonyl (C=O) groups excluding carboxylic acids is 2. The fourth-order valence-electron chi connectivity index (χ4n) is 4.17. The highest BCUT2D eigenvalue weighted by atomic mass is 32.2. The Bertz CT molecular complexity index is 1450. The molecule has 0 spiro atoms. The largest absolute Gasteiger partial charge is 0.497 e. The summed E-state index contributed by atoms with van der Waals surface area (Å²) >= 11 is 0. The monoisotopic (exact) mass is 581 g/mol. The number of para-hydroxylation sites is 2. The van der Waals surface area contributed by atoms with Crippen molar-refractivity contribution in [2.75, 3.05) is 25.1 Å². The summed E-state index contributed by atoms with van der Waals surface area (Å²) in [4.78, 5) is 28.7. The van der Waals surface area contributed by atoms with Crippen LogP contribution in [-0.4, -0.2) is 57.5 Å². The van der Waals surface area contributed by atoms with Crippen LogP contribution in [0.4, 0.5) is 5.69 Å². The molecule has 0 heterocycles. The van der Waals surface area contributed by atoms with Crippen LogP contribution in [0.5, 0.6) is 11.5 Å². The van der Waals surface area contributed by atoms with E-state index in [9.17, 15) is 18.0 Å². The molecule has 0 radical (unpaired) electrons. The van der Waals surface area contributed by atoms with Crippen LogP contribution in [0.3, 0.4) is 0 Å². The summed E-state index contributed by atoms with van der Waals surface area (Å²) in [5, 5.41) is 2.92. The molecule has 0 saturated carbocycles.